The molecule has 0 heterocycles. The minimum absolute atomic E-state index is 0.792. The van der Waals surface area contributed by atoms with Gasteiger partial charge in [-0.05, 0) is 18.9 Å². The van der Waals surface area contributed by atoms with E-state index in [4.69, 9.17) is 0 Å². The molecule has 0 spiro atoms. The van der Waals surface area contributed by atoms with Gasteiger partial charge < -0.3 is 4.90 Å². The normalized spacial score (nSPS) is 11.5. The second kappa shape index (κ2) is 7.11. The van der Waals surface area contributed by atoms with Gasteiger partial charge in [-0.15, -0.1) is 0 Å². The van der Waals surface area contributed by atoms with Crippen LogP contribution < -0.4 is 0 Å². The Balaban J connectivity index is 3.50. The first-order chi connectivity index (χ1) is 5.20. The molecule has 0 aliphatic carbocycles. The molecular formula is C9H20BrN. The molecule has 1 nitrogen and oxygen atoms in total. The first kappa shape index (κ1) is 11.4. The van der Waals surface area contributed by atoms with Crippen LogP contribution in [0.3, 0.4) is 0 Å². The number of nitrogens with zero attached hydrogens (tertiary/aromatic N) is 1. The van der Waals surface area contributed by atoms with Crippen LogP contribution in [0.2, 0.25) is 0 Å². The Kier molecular flexibility index (Phi) is 7.39. The second-order valence-corrected chi connectivity index (χ2v) is 4.18. The lowest BCUT2D eigenvalue weighted by molar-refractivity contribution is 0.259. The Morgan fingerprint density at radius 2 is 1.91 bits per heavy atom. The molecule has 0 radical (unpaired) electrons. The van der Waals surface area contributed by atoms with E-state index in [-0.39, 0.29) is 0 Å². The van der Waals surface area contributed by atoms with Gasteiger partial charge in [-0.3, -0.25) is 0 Å². The van der Waals surface area contributed by atoms with Gasteiger partial charge in [0, 0.05) is 18.4 Å². The molecule has 0 aromatic rings. The third-order valence-corrected chi connectivity index (χ3v) is 1.92. The lowest BCUT2D eigenvalue weighted by atomic mass is 10.2. The molecule has 0 atom stereocenters. The third-order valence-electron chi connectivity index (χ3n) is 1.56. The molecular weight excluding hydrogens is 202 g/mol. The first-order valence-corrected chi connectivity index (χ1v) is 5.61. The topological polar surface area (TPSA) is 3.24 Å². The minimum Gasteiger partial charge on any atom is -0.302 e. The SMILES string of the molecule is CCCN(CCBr)CC(C)C. The molecule has 0 bridgehead atoms. The number of hydrogen-bond acceptors (Lipinski definition) is 1. The van der Waals surface area contributed by atoms with Crippen molar-refractivity contribution in [3.63, 3.8) is 0 Å². The van der Waals surface area contributed by atoms with Gasteiger partial charge in [0.1, 0.15) is 0 Å². The lowest BCUT2D eigenvalue weighted by Crippen LogP contribution is -2.30. The minimum atomic E-state index is 0.792. The fourth-order valence-electron chi connectivity index (χ4n) is 1.25. The number of hydrogen-bond donors (Lipinski definition) is 0. The molecule has 0 aromatic carbocycles. The Morgan fingerprint density at radius 3 is 2.27 bits per heavy atom. The molecule has 0 aliphatic rings. The van der Waals surface area contributed by atoms with Crippen LogP contribution in [0.25, 0.3) is 0 Å². The zero-order valence-corrected chi connectivity index (χ0v) is 9.52. The van der Waals surface area contributed by atoms with Crippen molar-refractivity contribution >= 4 is 15.9 Å². The van der Waals surface area contributed by atoms with Crippen molar-refractivity contribution in [1.29, 1.82) is 0 Å². The summed E-state index contributed by atoms with van der Waals surface area (Å²) in [5.74, 6) is 0.792. The highest BCUT2D eigenvalue weighted by Gasteiger charge is 2.03. The smallest absolute Gasteiger partial charge is 0.0159 e. The van der Waals surface area contributed by atoms with E-state index in [0.29, 0.717) is 0 Å². The highest BCUT2D eigenvalue weighted by molar-refractivity contribution is 9.09. The summed E-state index contributed by atoms with van der Waals surface area (Å²) in [6, 6.07) is 0. The van der Waals surface area contributed by atoms with Gasteiger partial charge in [-0.25, -0.2) is 0 Å². The van der Waals surface area contributed by atoms with Crippen molar-refractivity contribution in [2.75, 3.05) is 25.0 Å². The van der Waals surface area contributed by atoms with E-state index >= 15 is 0 Å². The molecule has 0 fully saturated rings. The van der Waals surface area contributed by atoms with Crippen LogP contribution in [0.15, 0.2) is 0 Å². The summed E-state index contributed by atoms with van der Waals surface area (Å²) in [6.45, 7) is 10.4. The summed E-state index contributed by atoms with van der Waals surface area (Å²) >= 11 is 3.47. The summed E-state index contributed by atoms with van der Waals surface area (Å²) in [6.07, 6.45) is 1.26. The molecule has 0 saturated carbocycles. The van der Waals surface area contributed by atoms with Crippen LogP contribution in [0.5, 0.6) is 0 Å². The summed E-state index contributed by atoms with van der Waals surface area (Å²) in [4.78, 5) is 2.51. The fraction of sp³-hybridized carbons (Fsp3) is 1.00. The number of halogens is 1. The van der Waals surface area contributed by atoms with Crippen molar-refractivity contribution in [3.05, 3.63) is 0 Å². The van der Waals surface area contributed by atoms with Crippen molar-refractivity contribution in [2.24, 2.45) is 5.92 Å². The van der Waals surface area contributed by atoms with Crippen LogP contribution in [0.4, 0.5) is 0 Å². The molecule has 0 aromatic heterocycles. The van der Waals surface area contributed by atoms with Crippen molar-refractivity contribution < 1.29 is 0 Å². The van der Waals surface area contributed by atoms with Crippen LogP contribution in [-0.4, -0.2) is 29.9 Å². The maximum atomic E-state index is 3.47. The first-order valence-electron chi connectivity index (χ1n) is 4.49. The average Bonchev–Trinajstić information content (AvgIpc) is 1.87. The Labute approximate surface area is 79.3 Å². The molecule has 0 aliphatic heterocycles. The van der Waals surface area contributed by atoms with E-state index in [2.05, 4.69) is 41.6 Å². The zero-order valence-electron chi connectivity index (χ0n) is 7.94. The molecule has 2 heteroatoms. The second-order valence-electron chi connectivity index (χ2n) is 3.38. The lowest BCUT2D eigenvalue weighted by Gasteiger charge is -2.22. The van der Waals surface area contributed by atoms with Crippen LogP contribution in [0.1, 0.15) is 27.2 Å². The van der Waals surface area contributed by atoms with Gasteiger partial charge in [-0.1, -0.05) is 36.7 Å². The maximum Gasteiger partial charge on any atom is 0.0159 e. The monoisotopic (exact) mass is 221 g/mol. The van der Waals surface area contributed by atoms with Gasteiger partial charge in [0.05, 0.1) is 0 Å². The molecule has 0 unspecified atom stereocenters. The molecule has 0 amide bonds. The summed E-state index contributed by atoms with van der Waals surface area (Å²) in [5, 5.41) is 1.10. The standard InChI is InChI=1S/C9H20BrN/c1-4-6-11(7-5-10)8-9(2)3/h9H,4-8H2,1-3H3. The fourth-order valence-corrected chi connectivity index (χ4v) is 1.75. The van der Waals surface area contributed by atoms with Crippen LogP contribution >= 0.6 is 15.9 Å². The maximum absolute atomic E-state index is 3.47. The van der Waals surface area contributed by atoms with Crippen LogP contribution in [0, 0.1) is 5.92 Å². The third kappa shape index (κ3) is 6.82. The van der Waals surface area contributed by atoms with Gasteiger partial charge >= 0.3 is 0 Å². The van der Waals surface area contributed by atoms with Gasteiger partial charge in [0.15, 0.2) is 0 Å². The van der Waals surface area contributed by atoms with Gasteiger partial charge in [-0.2, -0.15) is 0 Å². The predicted octanol–water partition coefficient (Wildman–Crippen LogP) is 2.75. The quantitative estimate of drug-likeness (QED) is 0.624. The highest BCUT2D eigenvalue weighted by Crippen LogP contribution is 2.00. The summed E-state index contributed by atoms with van der Waals surface area (Å²) < 4.78 is 0. The van der Waals surface area contributed by atoms with Crippen molar-refractivity contribution in [3.8, 4) is 0 Å². The van der Waals surface area contributed by atoms with Crippen molar-refractivity contribution in [2.45, 2.75) is 27.2 Å². The van der Waals surface area contributed by atoms with E-state index in [1.165, 1.54) is 26.1 Å². The van der Waals surface area contributed by atoms with E-state index < -0.39 is 0 Å². The van der Waals surface area contributed by atoms with E-state index in [1.54, 1.807) is 0 Å². The Bertz CT molecular complexity index is 77.6. The molecule has 11 heavy (non-hydrogen) atoms. The summed E-state index contributed by atoms with van der Waals surface area (Å²) in [5.41, 5.74) is 0. The molecule has 68 valence electrons. The van der Waals surface area contributed by atoms with E-state index in [0.717, 1.165) is 11.2 Å². The van der Waals surface area contributed by atoms with Gasteiger partial charge in [0.2, 0.25) is 0 Å². The molecule has 0 N–H and O–H groups in total. The average molecular weight is 222 g/mol. The predicted molar refractivity (Wildman–Crippen MR) is 55.4 cm³/mol. The van der Waals surface area contributed by atoms with Crippen molar-refractivity contribution in [1.82, 2.24) is 4.90 Å². The molecule has 0 rings (SSSR count). The van der Waals surface area contributed by atoms with E-state index in [1.807, 2.05) is 0 Å². The Morgan fingerprint density at radius 1 is 1.27 bits per heavy atom. The Hall–Kier alpha value is 0.440. The van der Waals surface area contributed by atoms with E-state index in [9.17, 15) is 0 Å². The largest absolute Gasteiger partial charge is 0.302 e. The highest BCUT2D eigenvalue weighted by atomic mass is 79.9. The zero-order chi connectivity index (χ0) is 8.69. The molecule has 0 saturated heterocycles. The van der Waals surface area contributed by atoms with Crippen LogP contribution in [-0.2, 0) is 0 Å². The number of rotatable bonds is 6. The number of alkyl halides is 1. The van der Waals surface area contributed by atoms with Gasteiger partial charge in [0.25, 0.3) is 0 Å². The summed E-state index contributed by atoms with van der Waals surface area (Å²) in [7, 11) is 0.